The molecule has 1 fully saturated rings. The minimum atomic E-state index is -2.29. The zero-order chi connectivity index (χ0) is 23.5. The molecule has 1 aliphatic carbocycles. The first-order chi connectivity index (χ1) is 14.5. The van der Waals surface area contributed by atoms with Gasteiger partial charge in [-0.05, 0) is 16.6 Å². The standard InChI is InChI=1S/C24H38O6Si/c1-10-19-22(29-18-12-21(26)27-13-18)20(11-2)24(23(19)28-17(9)25)30-31(14(3)4,15(5)6)16(7)8/h10-12,14-16,19-20,22-24H,1-2,13H2,3-9H3/t19-,20+,22+,23-,24-/m1/s1. The molecule has 0 unspecified atom stereocenters. The van der Waals surface area contributed by atoms with E-state index in [1.165, 1.54) is 13.0 Å². The van der Waals surface area contributed by atoms with E-state index < -0.39 is 32.6 Å². The average molecular weight is 451 g/mol. The third-order valence-electron chi connectivity index (χ3n) is 6.66. The molecule has 7 heteroatoms. The second-order valence-corrected chi connectivity index (χ2v) is 14.8. The van der Waals surface area contributed by atoms with Gasteiger partial charge in [0.25, 0.3) is 0 Å². The molecule has 174 valence electrons. The second-order valence-electron chi connectivity index (χ2n) is 9.40. The molecule has 0 N–H and O–H groups in total. The monoisotopic (exact) mass is 450 g/mol. The maximum Gasteiger partial charge on any atom is 0.334 e. The molecule has 0 saturated heterocycles. The second kappa shape index (κ2) is 10.2. The van der Waals surface area contributed by atoms with Crippen LogP contribution in [0.2, 0.25) is 16.6 Å². The number of hydrogen-bond donors (Lipinski definition) is 0. The fraction of sp³-hybridized carbons (Fsp3) is 0.667. The van der Waals surface area contributed by atoms with Crippen LogP contribution in [-0.2, 0) is 28.2 Å². The summed E-state index contributed by atoms with van der Waals surface area (Å²) in [6, 6.07) is 0. The van der Waals surface area contributed by atoms with Gasteiger partial charge in [0.05, 0.1) is 18.1 Å². The Labute approximate surface area is 187 Å². The molecule has 2 rings (SSSR count). The molecule has 0 aromatic heterocycles. The van der Waals surface area contributed by atoms with Gasteiger partial charge in [0, 0.05) is 12.8 Å². The van der Waals surface area contributed by atoms with Crippen molar-refractivity contribution in [1.82, 2.24) is 0 Å². The summed E-state index contributed by atoms with van der Waals surface area (Å²) in [5, 5.41) is 0. The number of hydrogen-bond acceptors (Lipinski definition) is 6. The quantitative estimate of drug-likeness (QED) is 0.267. The molecule has 1 aliphatic heterocycles. The molecule has 6 nitrogen and oxygen atoms in total. The highest BCUT2D eigenvalue weighted by atomic mass is 28.4. The lowest BCUT2D eigenvalue weighted by atomic mass is 10.00. The van der Waals surface area contributed by atoms with Crippen molar-refractivity contribution in [2.24, 2.45) is 11.8 Å². The summed E-state index contributed by atoms with van der Waals surface area (Å²) < 4.78 is 24.1. The maximum absolute atomic E-state index is 12.0. The normalized spacial score (nSPS) is 28.6. The molecular weight excluding hydrogens is 412 g/mol. The third-order valence-corrected chi connectivity index (χ3v) is 12.8. The van der Waals surface area contributed by atoms with Gasteiger partial charge in [0.15, 0.2) is 0 Å². The summed E-state index contributed by atoms with van der Waals surface area (Å²) in [5.41, 5.74) is 1.09. The van der Waals surface area contributed by atoms with E-state index in [0.29, 0.717) is 22.4 Å². The first-order valence-electron chi connectivity index (χ1n) is 11.1. The Morgan fingerprint density at radius 2 is 1.55 bits per heavy atom. The molecule has 0 amide bonds. The number of esters is 2. The van der Waals surface area contributed by atoms with Gasteiger partial charge in [0.1, 0.15) is 24.6 Å². The number of rotatable bonds is 10. The topological polar surface area (TPSA) is 71.1 Å². The summed E-state index contributed by atoms with van der Waals surface area (Å²) >= 11 is 0. The van der Waals surface area contributed by atoms with Crippen LogP contribution in [0.4, 0.5) is 0 Å². The van der Waals surface area contributed by atoms with E-state index >= 15 is 0 Å². The van der Waals surface area contributed by atoms with E-state index in [0.717, 1.165) is 0 Å². The Hall–Kier alpha value is -1.86. The van der Waals surface area contributed by atoms with E-state index in [-0.39, 0.29) is 24.4 Å². The summed E-state index contributed by atoms with van der Waals surface area (Å²) in [5.74, 6) is -0.901. The fourth-order valence-corrected chi connectivity index (χ4v) is 11.1. The molecular formula is C24H38O6Si. The van der Waals surface area contributed by atoms with E-state index in [4.69, 9.17) is 18.6 Å². The fourth-order valence-electron chi connectivity index (χ4n) is 5.49. The number of carbonyl (C=O) groups excluding carboxylic acids is 2. The van der Waals surface area contributed by atoms with Crippen molar-refractivity contribution in [3.8, 4) is 0 Å². The average Bonchev–Trinajstić information content (AvgIpc) is 3.19. The smallest absolute Gasteiger partial charge is 0.334 e. The van der Waals surface area contributed by atoms with Gasteiger partial charge in [-0.2, -0.15) is 0 Å². The van der Waals surface area contributed by atoms with Crippen LogP contribution in [0, 0.1) is 11.8 Å². The van der Waals surface area contributed by atoms with Crippen LogP contribution in [0.5, 0.6) is 0 Å². The van der Waals surface area contributed by atoms with Crippen molar-refractivity contribution in [1.29, 1.82) is 0 Å². The zero-order valence-corrected chi connectivity index (χ0v) is 20.9. The lowest BCUT2D eigenvalue weighted by Crippen LogP contribution is -2.53. The minimum absolute atomic E-state index is 0.0927. The first kappa shape index (κ1) is 25.4. The summed E-state index contributed by atoms with van der Waals surface area (Å²) in [6.45, 7) is 22.8. The van der Waals surface area contributed by atoms with Crippen LogP contribution in [-0.4, -0.2) is 45.2 Å². The SMILES string of the molecule is C=C[C@@H]1[C@H](OC2=CC(=O)OC2)[C@H](C=C)[C@@H](O[Si](C(C)C)(C(C)C)C(C)C)[C@@H]1OC(C)=O. The van der Waals surface area contributed by atoms with E-state index in [1.807, 2.05) is 6.08 Å². The molecule has 0 radical (unpaired) electrons. The molecule has 0 aromatic rings. The van der Waals surface area contributed by atoms with Crippen LogP contribution < -0.4 is 0 Å². The Bertz CT molecular complexity index is 704. The third kappa shape index (κ3) is 4.98. The van der Waals surface area contributed by atoms with Crippen molar-refractivity contribution < 1.29 is 28.2 Å². The lowest BCUT2D eigenvalue weighted by Gasteiger charge is -2.45. The van der Waals surface area contributed by atoms with Gasteiger partial charge in [-0.1, -0.05) is 53.7 Å². The number of ether oxygens (including phenoxy) is 3. The Morgan fingerprint density at radius 3 is 1.94 bits per heavy atom. The maximum atomic E-state index is 12.0. The van der Waals surface area contributed by atoms with Gasteiger partial charge in [-0.15, -0.1) is 13.2 Å². The van der Waals surface area contributed by atoms with Gasteiger partial charge in [0.2, 0.25) is 8.32 Å². The Morgan fingerprint density at radius 1 is 1.03 bits per heavy atom. The number of cyclic esters (lactones) is 1. The van der Waals surface area contributed by atoms with Gasteiger partial charge in [-0.3, -0.25) is 4.79 Å². The van der Waals surface area contributed by atoms with Crippen molar-refractivity contribution in [3.63, 3.8) is 0 Å². The van der Waals surface area contributed by atoms with Crippen LogP contribution >= 0.6 is 0 Å². The highest BCUT2D eigenvalue weighted by Gasteiger charge is 2.57. The largest absolute Gasteiger partial charge is 0.489 e. The Balaban J connectivity index is 2.51. The van der Waals surface area contributed by atoms with E-state index in [2.05, 4.69) is 54.7 Å². The first-order valence-corrected chi connectivity index (χ1v) is 13.3. The van der Waals surface area contributed by atoms with Crippen molar-refractivity contribution in [3.05, 3.63) is 37.1 Å². The molecule has 0 spiro atoms. The molecule has 0 bridgehead atoms. The molecule has 0 aromatic carbocycles. The van der Waals surface area contributed by atoms with Crippen molar-refractivity contribution >= 4 is 20.3 Å². The predicted molar refractivity (Wildman–Crippen MR) is 123 cm³/mol. The predicted octanol–water partition coefficient (Wildman–Crippen LogP) is 4.92. The summed E-state index contributed by atoms with van der Waals surface area (Å²) in [7, 11) is -2.29. The molecule has 2 aliphatic rings. The highest BCUT2D eigenvalue weighted by Crippen LogP contribution is 2.48. The van der Waals surface area contributed by atoms with Gasteiger partial charge >= 0.3 is 11.9 Å². The summed E-state index contributed by atoms with van der Waals surface area (Å²) in [4.78, 5) is 23.5. The molecule has 1 saturated carbocycles. The van der Waals surface area contributed by atoms with Gasteiger partial charge in [-0.25, -0.2) is 4.79 Å². The molecule has 1 heterocycles. The van der Waals surface area contributed by atoms with Crippen molar-refractivity contribution in [2.45, 2.75) is 83.4 Å². The Kier molecular flexibility index (Phi) is 8.33. The van der Waals surface area contributed by atoms with Crippen LogP contribution in [0.25, 0.3) is 0 Å². The van der Waals surface area contributed by atoms with Crippen molar-refractivity contribution in [2.75, 3.05) is 6.61 Å². The van der Waals surface area contributed by atoms with Crippen LogP contribution in [0.15, 0.2) is 37.1 Å². The summed E-state index contributed by atoms with van der Waals surface area (Å²) in [6.07, 6.45) is 3.53. The molecule has 5 atom stereocenters. The van der Waals surface area contributed by atoms with Crippen LogP contribution in [0.3, 0.4) is 0 Å². The van der Waals surface area contributed by atoms with E-state index in [1.54, 1.807) is 6.08 Å². The molecule has 31 heavy (non-hydrogen) atoms. The highest BCUT2D eigenvalue weighted by molar-refractivity contribution is 6.77. The lowest BCUT2D eigenvalue weighted by molar-refractivity contribution is -0.152. The van der Waals surface area contributed by atoms with E-state index in [9.17, 15) is 9.59 Å². The van der Waals surface area contributed by atoms with Crippen LogP contribution in [0.1, 0.15) is 48.5 Å². The number of carbonyl (C=O) groups is 2. The zero-order valence-electron chi connectivity index (χ0n) is 19.9. The minimum Gasteiger partial charge on any atom is -0.489 e. The van der Waals surface area contributed by atoms with Gasteiger partial charge < -0.3 is 18.6 Å².